The van der Waals surface area contributed by atoms with Gasteiger partial charge in [-0.05, 0) is 47.9 Å². The van der Waals surface area contributed by atoms with Crippen LogP contribution in [-0.4, -0.2) is 12.7 Å². The first-order valence-electron chi connectivity index (χ1n) is 7.61. The molecule has 24 heavy (non-hydrogen) atoms. The highest BCUT2D eigenvalue weighted by molar-refractivity contribution is 6.09. The number of nitrogens with one attached hydrogen (secondary N) is 1. The lowest BCUT2D eigenvalue weighted by Gasteiger charge is -2.05. The van der Waals surface area contributed by atoms with Crippen molar-refractivity contribution in [3.05, 3.63) is 59.2 Å². The van der Waals surface area contributed by atoms with Crippen LogP contribution < -0.4 is 14.8 Å². The number of aryl methyl sites for hydroxylation is 1. The maximum absolute atomic E-state index is 12.3. The van der Waals surface area contributed by atoms with Crippen LogP contribution in [0.1, 0.15) is 18.1 Å². The predicted octanol–water partition coefficient (Wildman–Crippen LogP) is 3.52. The van der Waals surface area contributed by atoms with Gasteiger partial charge in [-0.2, -0.15) is 5.26 Å². The van der Waals surface area contributed by atoms with E-state index in [1.54, 1.807) is 18.2 Å². The van der Waals surface area contributed by atoms with Crippen molar-refractivity contribution in [1.29, 1.82) is 5.26 Å². The van der Waals surface area contributed by atoms with Crippen molar-refractivity contribution < 1.29 is 14.3 Å². The SMILES string of the molecule is CCc1ccc(NC(=O)C(C#N)=Cc2ccc3c(c2)OCO3)cc1. The van der Waals surface area contributed by atoms with Crippen LogP contribution in [0, 0.1) is 11.3 Å². The van der Waals surface area contributed by atoms with Crippen LogP contribution in [-0.2, 0) is 11.2 Å². The Balaban J connectivity index is 1.77. The maximum Gasteiger partial charge on any atom is 0.266 e. The lowest BCUT2D eigenvalue weighted by atomic mass is 10.1. The van der Waals surface area contributed by atoms with Gasteiger partial charge in [0.15, 0.2) is 11.5 Å². The van der Waals surface area contributed by atoms with Crippen LogP contribution in [0.2, 0.25) is 0 Å². The predicted molar refractivity (Wildman–Crippen MR) is 90.6 cm³/mol. The lowest BCUT2D eigenvalue weighted by Crippen LogP contribution is -2.13. The fraction of sp³-hybridized carbons (Fsp3) is 0.158. The number of carbonyl (C=O) groups excluding carboxylic acids is 1. The summed E-state index contributed by atoms with van der Waals surface area (Å²) in [6, 6.07) is 14.8. The molecule has 5 heteroatoms. The lowest BCUT2D eigenvalue weighted by molar-refractivity contribution is -0.112. The maximum atomic E-state index is 12.3. The molecular formula is C19H16N2O3. The standard InChI is InChI=1S/C19H16N2O3/c1-2-13-3-6-16(7-4-13)21-19(22)15(11-20)9-14-5-8-17-18(10-14)24-12-23-17/h3-10H,2,12H2,1H3,(H,21,22). The zero-order valence-corrected chi connectivity index (χ0v) is 13.2. The van der Waals surface area contributed by atoms with Crippen LogP contribution >= 0.6 is 0 Å². The highest BCUT2D eigenvalue weighted by Gasteiger charge is 2.14. The van der Waals surface area contributed by atoms with Gasteiger partial charge in [0.25, 0.3) is 5.91 Å². The largest absolute Gasteiger partial charge is 0.454 e. The number of ether oxygens (including phenoxy) is 2. The van der Waals surface area contributed by atoms with Gasteiger partial charge in [0.2, 0.25) is 6.79 Å². The number of hydrogen-bond donors (Lipinski definition) is 1. The molecule has 120 valence electrons. The van der Waals surface area contributed by atoms with Gasteiger partial charge in [-0.3, -0.25) is 4.79 Å². The smallest absolute Gasteiger partial charge is 0.266 e. The average Bonchev–Trinajstić information content (AvgIpc) is 3.08. The summed E-state index contributed by atoms with van der Waals surface area (Å²) in [4.78, 5) is 12.3. The van der Waals surface area contributed by atoms with E-state index in [-0.39, 0.29) is 12.4 Å². The van der Waals surface area contributed by atoms with Gasteiger partial charge in [-0.25, -0.2) is 0 Å². The number of amides is 1. The molecule has 3 rings (SSSR count). The molecule has 0 saturated heterocycles. The molecule has 5 nitrogen and oxygen atoms in total. The number of anilines is 1. The summed E-state index contributed by atoms with van der Waals surface area (Å²) in [7, 11) is 0. The first-order chi connectivity index (χ1) is 11.7. The molecule has 2 aromatic rings. The number of benzene rings is 2. The van der Waals surface area contributed by atoms with Crippen molar-refractivity contribution in [2.24, 2.45) is 0 Å². The Hall–Kier alpha value is -3.26. The van der Waals surface area contributed by atoms with E-state index in [2.05, 4.69) is 12.2 Å². The summed E-state index contributed by atoms with van der Waals surface area (Å²) in [6.07, 6.45) is 2.46. The Bertz CT molecular complexity index is 833. The molecule has 0 atom stereocenters. The molecule has 1 aliphatic rings. The van der Waals surface area contributed by atoms with Crippen molar-refractivity contribution in [3.63, 3.8) is 0 Å². The summed E-state index contributed by atoms with van der Waals surface area (Å²) < 4.78 is 10.5. The minimum atomic E-state index is -0.445. The molecule has 0 fully saturated rings. The highest BCUT2D eigenvalue weighted by Crippen LogP contribution is 2.33. The van der Waals surface area contributed by atoms with Gasteiger partial charge >= 0.3 is 0 Å². The molecule has 0 aliphatic carbocycles. The minimum absolute atomic E-state index is 0.0217. The molecule has 0 spiro atoms. The number of nitriles is 1. The first-order valence-corrected chi connectivity index (χ1v) is 7.61. The highest BCUT2D eigenvalue weighted by atomic mass is 16.7. The molecule has 0 unspecified atom stereocenters. The monoisotopic (exact) mass is 320 g/mol. The van der Waals surface area contributed by atoms with Crippen molar-refractivity contribution in [2.45, 2.75) is 13.3 Å². The first kappa shape index (κ1) is 15.6. The Kier molecular flexibility index (Phi) is 4.48. The topological polar surface area (TPSA) is 71.4 Å². The molecule has 0 radical (unpaired) electrons. The molecule has 1 aliphatic heterocycles. The van der Waals surface area contributed by atoms with E-state index in [0.29, 0.717) is 22.7 Å². The second kappa shape index (κ2) is 6.88. The molecule has 1 heterocycles. The van der Waals surface area contributed by atoms with E-state index in [1.165, 1.54) is 11.6 Å². The third kappa shape index (κ3) is 3.39. The summed E-state index contributed by atoms with van der Waals surface area (Å²) in [5.41, 5.74) is 2.56. The Morgan fingerprint density at radius 1 is 1.21 bits per heavy atom. The van der Waals surface area contributed by atoms with Crippen molar-refractivity contribution in [1.82, 2.24) is 0 Å². The third-order valence-corrected chi connectivity index (χ3v) is 3.69. The summed E-state index contributed by atoms with van der Waals surface area (Å²) >= 11 is 0. The molecule has 0 saturated carbocycles. The van der Waals surface area contributed by atoms with Crippen LogP contribution in [0.15, 0.2) is 48.0 Å². The fourth-order valence-corrected chi connectivity index (χ4v) is 2.34. The zero-order chi connectivity index (χ0) is 16.9. The van der Waals surface area contributed by atoms with Crippen LogP contribution in [0.25, 0.3) is 6.08 Å². The Labute approximate surface area is 140 Å². The second-order valence-corrected chi connectivity index (χ2v) is 5.29. The summed E-state index contributed by atoms with van der Waals surface area (Å²) in [5, 5.41) is 12.0. The van der Waals surface area contributed by atoms with E-state index >= 15 is 0 Å². The van der Waals surface area contributed by atoms with E-state index in [4.69, 9.17) is 9.47 Å². The van der Waals surface area contributed by atoms with Crippen LogP contribution in [0.3, 0.4) is 0 Å². The van der Waals surface area contributed by atoms with Gasteiger partial charge in [0.1, 0.15) is 11.6 Å². The van der Waals surface area contributed by atoms with Crippen LogP contribution in [0.4, 0.5) is 5.69 Å². The number of hydrogen-bond acceptors (Lipinski definition) is 4. The molecule has 0 aromatic heterocycles. The number of fused-ring (bicyclic) bond motifs is 1. The quantitative estimate of drug-likeness (QED) is 0.691. The zero-order valence-electron chi connectivity index (χ0n) is 13.2. The molecule has 1 amide bonds. The van der Waals surface area contributed by atoms with Gasteiger partial charge < -0.3 is 14.8 Å². The summed E-state index contributed by atoms with van der Waals surface area (Å²) in [6.45, 7) is 2.25. The molecule has 1 N–H and O–H groups in total. The average molecular weight is 320 g/mol. The van der Waals surface area contributed by atoms with Gasteiger partial charge in [0, 0.05) is 5.69 Å². The molecule has 0 bridgehead atoms. The van der Waals surface area contributed by atoms with Crippen molar-refractivity contribution in [3.8, 4) is 17.6 Å². The second-order valence-electron chi connectivity index (χ2n) is 5.29. The van der Waals surface area contributed by atoms with Crippen molar-refractivity contribution in [2.75, 3.05) is 12.1 Å². The normalized spacial score (nSPS) is 12.6. The van der Waals surface area contributed by atoms with E-state index in [1.807, 2.05) is 30.3 Å². The van der Waals surface area contributed by atoms with Gasteiger partial charge in [0.05, 0.1) is 0 Å². The number of carbonyl (C=O) groups is 1. The fourth-order valence-electron chi connectivity index (χ4n) is 2.34. The van der Waals surface area contributed by atoms with Gasteiger partial charge in [-0.15, -0.1) is 0 Å². The molecule has 2 aromatic carbocycles. The van der Waals surface area contributed by atoms with Crippen molar-refractivity contribution >= 4 is 17.7 Å². The number of rotatable bonds is 4. The molecular weight excluding hydrogens is 304 g/mol. The van der Waals surface area contributed by atoms with E-state index in [0.717, 1.165) is 6.42 Å². The third-order valence-electron chi connectivity index (χ3n) is 3.69. The van der Waals surface area contributed by atoms with Gasteiger partial charge in [-0.1, -0.05) is 25.1 Å². The Morgan fingerprint density at radius 2 is 1.96 bits per heavy atom. The van der Waals surface area contributed by atoms with E-state index in [9.17, 15) is 10.1 Å². The van der Waals surface area contributed by atoms with Crippen LogP contribution in [0.5, 0.6) is 11.5 Å². The Morgan fingerprint density at radius 3 is 2.67 bits per heavy atom. The van der Waals surface area contributed by atoms with E-state index < -0.39 is 5.91 Å². The minimum Gasteiger partial charge on any atom is -0.454 e. The number of nitrogens with zero attached hydrogens (tertiary/aromatic N) is 1. The summed E-state index contributed by atoms with van der Waals surface area (Å²) in [5.74, 6) is 0.821.